The molecular weight excluding hydrogens is 804 g/mol. The number of ether oxygens (including phenoxy) is 2. The number of carboxylic acid groups (broad SMARTS) is 1. The highest BCUT2D eigenvalue weighted by Gasteiger charge is 2.35. The largest absolute Gasteiger partial charge is 0.496 e. The second-order valence-electron chi connectivity index (χ2n) is 16.8. The van der Waals surface area contributed by atoms with Crippen molar-refractivity contribution < 1.29 is 46.9 Å². The number of carbonyl (C=O) groups excluding carboxylic acids is 3. The summed E-state index contributed by atoms with van der Waals surface area (Å²) in [6.45, 7) is 10.3. The lowest BCUT2D eigenvalue weighted by Crippen LogP contribution is -2.43. The summed E-state index contributed by atoms with van der Waals surface area (Å²) in [6.07, 6.45) is 0.829. The average molecular weight is 856 g/mol. The van der Waals surface area contributed by atoms with Crippen molar-refractivity contribution in [2.75, 3.05) is 32.1 Å². The van der Waals surface area contributed by atoms with Gasteiger partial charge in [0, 0.05) is 49.5 Å². The van der Waals surface area contributed by atoms with Crippen molar-refractivity contribution in [1.29, 1.82) is 0 Å². The first-order valence-electron chi connectivity index (χ1n) is 20.4. The Labute approximate surface area is 359 Å². The van der Waals surface area contributed by atoms with Crippen molar-refractivity contribution in [2.45, 2.75) is 84.8 Å². The fourth-order valence-corrected chi connectivity index (χ4v) is 7.79. The molecule has 0 radical (unpaired) electrons. The van der Waals surface area contributed by atoms with E-state index in [1.807, 2.05) is 49.1 Å². The minimum atomic E-state index is -4.66. The first-order chi connectivity index (χ1) is 29.3. The van der Waals surface area contributed by atoms with Crippen molar-refractivity contribution >= 4 is 41.7 Å². The maximum Gasteiger partial charge on any atom is 0.417 e. The maximum atomic E-state index is 14.5. The molecule has 3 aromatic carbocycles. The number of carboxylic acids is 1. The van der Waals surface area contributed by atoms with Crippen LogP contribution in [0.4, 0.5) is 23.7 Å². The Morgan fingerprint density at radius 2 is 1.69 bits per heavy atom. The average Bonchev–Trinajstić information content (AvgIpc) is 3.86. The Morgan fingerprint density at radius 1 is 0.984 bits per heavy atom. The number of hydrogen-bond acceptors (Lipinski definition) is 8. The maximum absolute atomic E-state index is 14.5. The fourth-order valence-electron chi connectivity index (χ4n) is 7.79. The van der Waals surface area contributed by atoms with E-state index in [0.717, 1.165) is 28.3 Å². The number of methoxy groups -OCH3 is 1. The second kappa shape index (κ2) is 18.8. The topological polar surface area (TPSA) is 150 Å². The molecule has 12 nitrogen and oxygen atoms in total. The lowest BCUT2D eigenvalue weighted by molar-refractivity contribution is -0.141. The summed E-state index contributed by atoms with van der Waals surface area (Å²) in [4.78, 5) is 57.6. The fraction of sp³-hybridized carbons (Fsp3) is 0.383. The van der Waals surface area contributed by atoms with E-state index in [1.165, 1.54) is 30.3 Å². The molecule has 2 fully saturated rings. The van der Waals surface area contributed by atoms with E-state index in [4.69, 9.17) is 9.47 Å². The Hall–Kier alpha value is -6.22. The zero-order valence-electron chi connectivity index (χ0n) is 35.7. The van der Waals surface area contributed by atoms with Gasteiger partial charge in [-0.3, -0.25) is 24.3 Å². The summed E-state index contributed by atoms with van der Waals surface area (Å²) >= 11 is 0. The summed E-state index contributed by atoms with van der Waals surface area (Å²) in [5.41, 5.74) is 3.97. The minimum absolute atomic E-state index is 0.0609. The van der Waals surface area contributed by atoms with E-state index >= 15 is 0 Å². The number of pyridine rings is 1. The molecule has 0 aliphatic carbocycles. The number of aromatic nitrogens is 1. The van der Waals surface area contributed by atoms with E-state index in [9.17, 15) is 37.5 Å². The Bertz CT molecular complexity index is 2360. The van der Waals surface area contributed by atoms with Gasteiger partial charge in [-0.1, -0.05) is 48.6 Å². The number of rotatable bonds is 13. The number of nitrogens with one attached hydrogen (secondary N) is 2. The number of hydrogen-bond donors (Lipinski definition) is 3. The van der Waals surface area contributed by atoms with E-state index in [1.54, 1.807) is 45.0 Å². The van der Waals surface area contributed by atoms with E-state index in [0.29, 0.717) is 48.2 Å². The number of amides is 3. The monoisotopic (exact) mass is 855 g/mol. The predicted molar refractivity (Wildman–Crippen MR) is 229 cm³/mol. The highest BCUT2D eigenvalue weighted by molar-refractivity contribution is 6.04. The van der Waals surface area contributed by atoms with Crippen molar-refractivity contribution in [3.63, 3.8) is 0 Å². The Kier molecular flexibility index (Phi) is 13.7. The van der Waals surface area contributed by atoms with Crippen LogP contribution in [0.2, 0.25) is 0 Å². The van der Waals surface area contributed by atoms with Crippen LogP contribution in [-0.4, -0.2) is 82.2 Å². The zero-order chi connectivity index (χ0) is 44.9. The summed E-state index contributed by atoms with van der Waals surface area (Å²) in [6, 6.07) is 16.6. The SMILES string of the molecule is COc1cc(/C=C/c2cccc(-c3cccc(NC(=O)c4ccc(CN(C[C@@H]5CCC(=O)N5)C(=O)OC(C)(C)C)cn4)c3C)c2C)c(C(F)(F)F)cc1CN1CC[C@@H](C(=O)O)C1. The molecule has 15 heteroatoms. The summed E-state index contributed by atoms with van der Waals surface area (Å²) in [5.74, 6) is -1.71. The molecule has 6 rings (SSSR count). The van der Waals surface area contributed by atoms with E-state index < -0.39 is 41.2 Å². The first kappa shape index (κ1) is 45.3. The third-order valence-corrected chi connectivity index (χ3v) is 11.1. The van der Waals surface area contributed by atoms with Crippen molar-refractivity contribution in [1.82, 2.24) is 20.1 Å². The number of alkyl halides is 3. The third-order valence-electron chi connectivity index (χ3n) is 11.1. The van der Waals surface area contributed by atoms with Gasteiger partial charge < -0.3 is 30.1 Å². The molecule has 4 aromatic rings. The summed E-state index contributed by atoms with van der Waals surface area (Å²) < 4.78 is 54.6. The van der Waals surface area contributed by atoms with Crippen LogP contribution in [0.3, 0.4) is 0 Å². The van der Waals surface area contributed by atoms with Gasteiger partial charge in [0.05, 0.1) is 25.1 Å². The Morgan fingerprint density at radius 3 is 2.31 bits per heavy atom. The van der Waals surface area contributed by atoms with Crippen LogP contribution >= 0.6 is 0 Å². The van der Waals surface area contributed by atoms with Crippen LogP contribution in [-0.2, 0) is 33.6 Å². The molecule has 0 bridgehead atoms. The number of anilines is 1. The molecule has 2 saturated heterocycles. The molecule has 2 aliphatic rings. The van der Waals surface area contributed by atoms with Gasteiger partial charge in [-0.25, -0.2) is 4.79 Å². The molecule has 3 amide bonds. The predicted octanol–water partition coefficient (Wildman–Crippen LogP) is 8.74. The van der Waals surface area contributed by atoms with Crippen molar-refractivity contribution in [3.05, 3.63) is 111 Å². The summed E-state index contributed by atoms with van der Waals surface area (Å²) in [7, 11) is 1.40. The van der Waals surface area contributed by atoms with Crippen LogP contribution in [0.15, 0.2) is 66.9 Å². The van der Waals surface area contributed by atoms with Crippen LogP contribution in [0.25, 0.3) is 23.3 Å². The lowest BCUT2D eigenvalue weighted by atomic mass is 9.92. The van der Waals surface area contributed by atoms with Gasteiger partial charge in [-0.05, 0) is 117 Å². The molecule has 3 heterocycles. The molecule has 1 aromatic heterocycles. The van der Waals surface area contributed by atoms with Crippen LogP contribution < -0.4 is 15.4 Å². The zero-order valence-corrected chi connectivity index (χ0v) is 35.7. The van der Waals surface area contributed by atoms with E-state index in [-0.39, 0.29) is 55.1 Å². The molecular formula is C47H52F3N5O7. The highest BCUT2D eigenvalue weighted by Crippen LogP contribution is 2.39. The molecule has 3 N–H and O–H groups in total. The van der Waals surface area contributed by atoms with Gasteiger partial charge in [-0.2, -0.15) is 13.2 Å². The van der Waals surface area contributed by atoms with Gasteiger partial charge in [-0.15, -0.1) is 0 Å². The van der Waals surface area contributed by atoms with Crippen molar-refractivity contribution in [2.24, 2.45) is 5.92 Å². The molecule has 2 atom stereocenters. The van der Waals surface area contributed by atoms with Crippen LogP contribution in [0.1, 0.15) is 89.5 Å². The third kappa shape index (κ3) is 11.2. The number of likely N-dealkylation sites (tertiary alicyclic amines) is 1. The highest BCUT2D eigenvalue weighted by atomic mass is 19.4. The van der Waals surface area contributed by atoms with Crippen molar-refractivity contribution in [3.8, 4) is 16.9 Å². The van der Waals surface area contributed by atoms with Crippen LogP contribution in [0.5, 0.6) is 5.75 Å². The van der Waals surface area contributed by atoms with Gasteiger partial charge in [0.25, 0.3) is 5.91 Å². The van der Waals surface area contributed by atoms with Gasteiger partial charge in [0.2, 0.25) is 5.91 Å². The number of aliphatic carboxylic acids is 1. The normalized spacial score (nSPS) is 17.0. The standard InChI is InChI=1S/C47H52F3N5O7/c1-28-31(14-15-32-22-41(61-6)34(21-38(32)47(48,49)50)26-54-20-19-33(25-54)44(58)59)9-7-10-36(28)37-11-8-12-39(29(37)2)53-43(57)40-17-13-30(23-51-40)24-55(45(60)62-46(3,4)5)27-35-16-18-42(56)52-35/h7-15,17,21-23,33,35H,16,18-20,24-27H2,1-6H3,(H,52,56)(H,53,57)(H,58,59)/b15-14+/t33-,35+/m1/s1. The number of carbonyl (C=O) groups is 4. The minimum Gasteiger partial charge on any atom is -0.496 e. The molecule has 62 heavy (non-hydrogen) atoms. The van der Waals surface area contributed by atoms with Gasteiger partial charge >= 0.3 is 18.2 Å². The number of halogens is 3. The molecule has 328 valence electrons. The van der Waals surface area contributed by atoms with Gasteiger partial charge in [0.1, 0.15) is 17.0 Å². The quantitative estimate of drug-likeness (QED) is 0.112. The number of benzene rings is 3. The molecule has 0 saturated carbocycles. The Balaban J connectivity index is 1.18. The second-order valence-corrected chi connectivity index (χ2v) is 16.8. The van der Waals surface area contributed by atoms with Crippen LogP contribution in [0, 0.1) is 19.8 Å². The molecule has 0 unspecified atom stereocenters. The first-order valence-corrected chi connectivity index (χ1v) is 20.4. The van der Waals surface area contributed by atoms with Gasteiger partial charge in [0.15, 0.2) is 0 Å². The smallest absolute Gasteiger partial charge is 0.417 e. The lowest BCUT2D eigenvalue weighted by Gasteiger charge is -2.29. The molecule has 2 aliphatic heterocycles. The summed E-state index contributed by atoms with van der Waals surface area (Å²) in [5, 5.41) is 15.2. The molecule has 0 spiro atoms. The van der Waals surface area contributed by atoms with E-state index in [2.05, 4.69) is 15.6 Å². The number of nitrogens with zero attached hydrogens (tertiary/aromatic N) is 3.